The van der Waals surface area contributed by atoms with Crippen LogP contribution in [0, 0.1) is 0 Å². The summed E-state index contributed by atoms with van der Waals surface area (Å²) < 4.78 is 6.95. The normalized spacial score (nSPS) is 12.1. The molecule has 118 valence electrons. The van der Waals surface area contributed by atoms with Crippen LogP contribution in [-0.2, 0) is 22.6 Å². The molecule has 1 amide bonds. The van der Waals surface area contributed by atoms with Gasteiger partial charge in [-0.15, -0.1) is 0 Å². The molecular weight excluding hydrogens is 280 g/mol. The highest BCUT2D eigenvalue weighted by Crippen LogP contribution is 2.04. The fraction of sp³-hybridized carbons (Fsp3) is 0.375. The van der Waals surface area contributed by atoms with Gasteiger partial charge in [-0.25, -0.2) is 0 Å². The van der Waals surface area contributed by atoms with Crippen molar-refractivity contribution in [2.45, 2.75) is 25.6 Å². The molecule has 0 saturated carbocycles. The second-order valence-corrected chi connectivity index (χ2v) is 5.11. The van der Waals surface area contributed by atoms with Crippen molar-refractivity contribution in [3.63, 3.8) is 0 Å². The molecule has 6 heteroatoms. The first kappa shape index (κ1) is 16.2. The number of ether oxygens (including phenoxy) is 1. The molecule has 0 radical (unpaired) electrons. The summed E-state index contributed by atoms with van der Waals surface area (Å²) in [6.45, 7) is 1.50. The number of methoxy groups -OCH3 is 1. The van der Waals surface area contributed by atoms with Gasteiger partial charge in [-0.2, -0.15) is 5.10 Å². The topological polar surface area (TPSA) is 82.2 Å². The zero-order chi connectivity index (χ0) is 15.8. The SMILES string of the molecule is COC(CN)CC(=O)NCc1cnn(Cc2ccccc2)c1. The Balaban J connectivity index is 1.81. The number of hydrogen-bond donors (Lipinski definition) is 2. The highest BCUT2D eigenvalue weighted by molar-refractivity contribution is 5.76. The van der Waals surface area contributed by atoms with E-state index in [0.717, 1.165) is 5.56 Å². The molecule has 1 unspecified atom stereocenters. The lowest BCUT2D eigenvalue weighted by atomic mass is 10.2. The first-order valence-electron chi connectivity index (χ1n) is 7.26. The minimum Gasteiger partial charge on any atom is -0.380 e. The number of benzene rings is 1. The number of carbonyl (C=O) groups is 1. The van der Waals surface area contributed by atoms with Gasteiger partial charge in [0.2, 0.25) is 5.91 Å². The fourth-order valence-corrected chi connectivity index (χ4v) is 2.10. The lowest BCUT2D eigenvalue weighted by molar-refractivity contribution is -0.123. The lowest BCUT2D eigenvalue weighted by Gasteiger charge is -2.12. The summed E-state index contributed by atoms with van der Waals surface area (Å²) in [4.78, 5) is 11.8. The first-order chi connectivity index (χ1) is 10.7. The summed E-state index contributed by atoms with van der Waals surface area (Å²) in [5, 5.41) is 7.15. The molecule has 22 heavy (non-hydrogen) atoms. The number of rotatable bonds is 8. The highest BCUT2D eigenvalue weighted by atomic mass is 16.5. The molecule has 0 saturated heterocycles. The van der Waals surface area contributed by atoms with Crippen LogP contribution in [0.2, 0.25) is 0 Å². The van der Waals surface area contributed by atoms with E-state index >= 15 is 0 Å². The second-order valence-electron chi connectivity index (χ2n) is 5.11. The van der Waals surface area contributed by atoms with Gasteiger partial charge in [-0.05, 0) is 5.56 Å². The Hall–Kier alpha value is -2.18. The Bertz CT molecular complexity index is 579. The van der Waals surface area contributed by atoms with E-state index in [9.17, 15) is 4.79 Å². The van der Waals surface area contributed by atoms with E-state index < -0.39 is 0 Å². The molecule has 0 aliphatic heterocycles. The van der Waals surface area contributed by atoms with E-state index in [-0.39, 0.29) is 18.4 Å². The van der Waals surface area contributed by atoms with Crippen molar-refractivity contribution in [1.29, 1.82) is 0 Å². The molecule has 1 atom stereocenters. The maximum Gasteiger partial charge on any atom is 0.222 e. The number of nitrogens with one attached hydrogen (secondary N) is 1. The first-order valence-corrected chi connectivity index (χ1v) is 7.26. The second kappa shape index (κ2) is 8.31. The Morgan fingerprint density at radius 3 is 2.82 bits per heavy atom. The fourth-order valence-electron chi connectivity index (χ4n) is 2.10. The third kappa shape index (κ3) is 4.98. The van der Waals surface area contributed by atoms with Crippen molar-refractivity contribution in [3.05, 3.63) is 53.9 Å². The monoisotopic (exact) mass is 302 g/mol. The number of carbonyl (C=O) groups excluding carboxylic acids is 1. The zero-order valence-corrected chi connectivity index (χ0v) is 12.7. The molecular formula is C16H22N4O2. The van der Waals surface area contributed by atoms with E-state index in [1.807, 2.05) is 29.1 Å². The molecule has 1 aromatic carbocycles. The van der Waals surface area contributed by atoms with Crippen LogP contribution >= 0.6 is 0 Å². The van der Waals surface area contributed by atoms with Crippen molar-refractivity contribution in [2.75, 3.05) is 13.7 Å². The van der Waals surface area contributed by atoms with E-state index in [1.165, 1.54) is 5.56 Å². The molecule has 6 nitrogen and oxygen atoms in total. The van der Waals surface area contributed by atoms with Gasteiger partial charge in [0.25, 0.3) is 0 Å². The number of nitrogens with zero attached hydrogens (tertiary/aromatic N) is 2. The predicted molar refractivity (Wildman–Crippen MR) is 84.1 cm³/mol. The minimum atomic E-state index is -0.235. The smallest absolute Gasteiger partial charge is 0.222 e. The van der Waals surface area contributed by atoms with Crippen molar-refractivity contribution < 1.29 is 9.53 Å². The molecule has 0 aliphatic carbocycles. The van der Waals surface area contributed by atoms with Gasteiger partial charge in [0.05, 0.1) is 25.3 Å². The van der Waals surface area contributed by atoms with Gasteiger partial charge in [0, 0.05) is 32.0 Å². The van der Waals surface area contributed by atoms with Gasteiger partial charge >= 0.3 is 0 Å². The van der Waals surface area contributed by atoms with Crippen LogP contribution in [0.1, 0.15) is 17.5 Å². The predicted octanol–water partition coefficient (Wildman–Crippen LogP) is 0.911. The maximum atomic E-state index is 11.8. The van der Waals surface area contributed by atoms with E-state index in [2.05, 4.69) is 22.5 Å². The van der Waals surface area contributed by atoms with Gasteiger partial charge in [0.1, 0.15) is 0 Å². The highest BCUT2D eigenvalue weighted by Gasteiger charge is 2.11. The third-order valence-corrected chi connectivity index (χ3v) is 3.37. The van der Waals surface area contributed by atoms with Crippen molar-refractivity contribution in [3.8, 4) is 0 Å². The standard InChI is InChI=1S/C16H22N4O2/c1-22-15(8-17)7-16(21)18-9-14-10-19-20(12-14)11-13-5-3-2-4-6-13/h2-6,10,12,15H,7-9,11,17H2,1H3,(H,18,21). The zero-order valence-electron chi connectivity index (χ0n) is 12.7. The van der Waals surface area contributed by atoms with E-state index in [1.54, 1.807) is 13.3 Å². The Morgan fingerprint density at radius 2 is 2.14 bits per heavy atom. The molecule has 0 fully saturated rings. The number of nitrogens with two attached hydrogens (primary N) is 1. The minimum absolute atomic E-state index is 0.0758. The summed E-state index contributed by atoms with van der Waals surface area (Å²) in [7, 11) is 1.55. The molecule has 3 N–H and O–H groups in total. The molecule has 1 heterocycles. The number of amides is 1. The van der Waals surface area contributed by atoms with Crippen LogP contribution in [0.3, 0.4) is 0 Å². The van der Waals surface area contributed by atoms with Gasteiger partial charge in [-0.1, -0.05) is 30.3 Å². The van der Waals surface area contributed by atoms with Crippen LogP contribution < -0.4 is 11.1 Å². The van der Waals surface area contributed by atoms with Crippen LogP contribution in [0.15, 0.2) is 42.7 Å². The summed E-state index contributed by atoms with van der Waals surface area (Å²) in [6, 6.07) is 10.1. The number of hydrogen-bond acceptors (Lipinski definition) is 4. The Kier molecular flexibility index (Phi) is 6.12. The summed E-state index contributed by atoms with van der Waals surface area (Å²) in [5.74, 6) is -0.0758. The molecule has 0 aliphatic rings. The van der Waals surface area contributed by atoms with Crippen LogP contribution in [0.4, 0.5) is 0 Å². The van der Waals surface area contributed by atoms with Crippen LogP contribution in [-0.4, -0.2) is 35.4 Å². The van der Waals surface area contributed by atoms with E-state index in [0.29, 0.717) is 19.6 Å². The Morgan fingerprint density at radius 1 is 1.36 bits per heavy atom. The van der Waals surface area contributed by atoms with Crippen molar-refractivity contribution in [2.24, 2.45) is 5.73 Å². The molecule has 2 aromatic rings. The average molecular weight is 302 g/mol. The quantitative estimate of drug-likeness (QED) is 0.759. The summed E-state index contributed by atoms with van der Waals surface area (Å²) in [5.41, 5.74) is 7.65. The van der Waals surface area contributed by atoms with Crippen LogP contribution in [0.25, 0.3) is 0 Å². The van der Waals surface area contributed by atoms with Crippen molar-refractivity contribution >= 4 is 5.91 Å². The summed E-state index contributed by atoms with van der Waals surface area (Å²) >= 11 is 0. The molecule has 0 bridgehead atoms. The van der Waals surface area contributed by atoms with Crippen molar-refractivity contribution in [1.82, 2.24) is 15.1 Å². The largest absolute Gasteiger partial charge is 0.380 e. The molecule has 0 spiro atoms. The van der Waals surface area contributed by atoms with Gasteiger partial charge < -0.3 is 15.8 Å². The molecule has 1 aromatic heterocycles. The van der Waals surface area contributed by atoms with Gasteiger partial charge in [-0.3, -0.25) is 9.48 Å². The summed E-state index contributed by atoms with van der Waals surface area (Å²) in [6.07, 6.45) is 3.73. The van der Waals surface area contributed by atoms with Crippen LogP contribution in [0.5, 0.6) is 0 Å². The van der Waals surface area contributed by atoms with E-state index in [4.69, 9.17) is 10.5 Å². The number of aromatic nitrogens is 2. The third-order valence-electron chi connectivity index (χ3n) is 3.37. The maximum absolute atomic E-state index is 11.8. The van der Waals surface area contributed by atoms with Gasteiger partial charge in [0.15, 0.2) is 0 Å². The molecule has 2 rings (SSSR count). The Labute approximate surface area is 130 Å². The average Bonchev–Trinajstić information content (AvgIpc) is 2.99. The lowest BCUT2D eigenvalue weighted by Crippen LogP contribution is -2.31.